The summed E-state index contributed by atoms with van der Waals surface area (Å²) >= 11 is 2.21. The van der Waals surface area contributed by atoms with Gasteiger partial charge < -0.3 is 30.6 Å². The lowest BCUT2D eigenvalue weighted by molar-refractivity contribution is 0.0500. The van der Waals surface area contributed by atoms with Crippen molar-refractivity contribution in [3.05, 3.63) is 36.4 Å². The maximum Gasteiger partial charge on any atom is 0.171 e. The van der Waals surface area contributed by atoms with E-state index in [2.05, 4.69) is 0 Å². The number of para-hydroxylation sites is 2. The molecule has 2 rings (SSSR count). The summed E-state index contributed by atoms with van der Waals surface area (Å²) in [5, 5.41) is 58.2. The Hall–Kier alpha value is -1.74. The van der Waals surface area contributed by atoms with Gasteiger partial charge >= 0.3 is 0 Å². The molecule has 1 unspecified atom stereocenters. The maximum absolute atomic E-state index is 10.0. The molecule has 24 heavy (non-hydrogen) atoms. The minimum absolute atomic E-state index is 0.116. The number of phenolic OH excluding ortho intramolecular Hbond substituents is 4. The second kappa shape index (κ2) is 8.39. The molecule has 0 spiro atoms. The van der Waals surface area contributed by atoms with E-state index < -0.39 is 12.2 Å². The van der Waals surface area contributed by atoms with Crippen LogP contribution in [0.3, 0.4) is 0 Å². The lowest BCUT2D eigenvalue weighted by Gasteiger charge is -2.18. The van der Waals surface area contributed by atoms with E-state index in [1.807, 2.05) is 0 Å². The molecule has 0 aromatic heterocycles. The van der Waals surface area contributed by atoms with Crippen LogP contribution in [0.15, 0.2) is 46.2 Å². The molecule has 0 amide bonds. The molecule has 6 nitrogen and oxygen atoms in total. The lowest BCUT2D eigenvalue weighted by Crippen LogP contribution is -2.30. The Bertz CT molecular complexity index is 635. The predicted octanol–water partition coefficient (Wildman–Crippen LogP) is 2.12. The summed E-state index contributed by atoms with van der Waals surface area (Å²) in [6, 6.07) is 9.03. The van der Waals surface area contributed by atoms with Crippen molar-refractivity contribution in [2.75, 3.05) is 11.5 Å². The van der Waals surface area contributed by atoms with E-state index in [4.69, 9.17) is 0 Å². The van der Waals surface area contributed by atoms with Crippen LogP contribution in [0, 0.1) is 0 Å². The highest BCUT2D eigenvalue weighted by atomic mass is 32.2. The Labute approximate surface area is 147 Å². The van der Waals surface area contributed by atoms with Gasteiger partial charge in [0.15, 0.2) is 23.0 Å². The first-order chi connectivity index (χ1) is 11.4. The average Bonchev–Trinajstić information content (AvgIpc) is 2.57. The fraction of sp³-hybridized carbons (Fsp3) is 0.250. The number of benzene rings is 2. The zero-order valence-electron chi connectivity index (χ0n) is 12.5. The minimum atomic E-state index is -1.07. The summed E-state index contributed by atoms with van der Waals surface area (Å²) < 4.78 is 0. The molecule has 0 fully saturated rings. The van der Waals surface area contributed by atoms with Crippen molar-refractivity contribution in [2.45, 2.75) is 22.0 Å². The smallest absolute Gasteiger partial charge is 0.171 e. The molecule has 0 heterocycles. The lowest BCUT2D eigenvalue weighted by atomic mass is 10.3. The SMILES string of the molecule is Oc1cccc(SCC(O)[C@H](O)CSc2cccc(O)c2O)c1O. The highest BCUT2D eigenvalue weighted by molar-refractivity contribution is 7.99. The van der Waals surface area contributed by atoms with E-state index in [0.29, 0.717) is 9.79 Å². The molecule has 6 N–H and O–H groups in total. The van der Waals surface area contributed by atoms with Gasteiger partial charge in [-0.15, -0.1) is 23.5 Å². The number of aromatic hydroxyl groups is 4. The molecule has 0 radical (unpaired) electrons. The van der Waals surface area contributed by atoms with Gasteiger partial charge in [-0.2, -0.15) is 0 Å². The first-order valence-corrected chi connectivity index (χ1v) is 9.01. The van der Waals surface area contributed by atoms with Crippen LogP contribution in [-0.2, 0) is 0 Å². The Morgan fingerprint density at radius 3 is 1.42 bits per heavy atom. The molecule has 0 bridgehead atoms. The number of aliphatic hydroxyl groups excluding tert-OH is 2. The standard InChI is InChI=1S/C16H18O6S2/c17-9-3-1-5-13(15(9)21)23-7-11(19)12(20)8-24-14-6-2-4-10(18)16(14)22/h1-6,11-12,17-22H,7-8H2/t11-,12?/m1/s1. The van der Waals surface area contributed by atoms with Crippen LogP contribution >= 0.6 is 23.5 Å². The van der Waals surface area contributed by atoms with E-state index >= 15 is 0 Å². The normalized spacial score (nSPS) is 13.6. The van der Waals surface area contributed by atoms with E-state index in [1.165, 1.54) is 12.1 Å². The Morgan fingerprint density at radius 2 is 1.04 bits per heavy atom. The summed E-state index contributed by atoms with van der Waals surface area (Å²) in [5.41, 5.74) is 0. The number of hydrogen-bond donors (Lipinski definition) is 6. The number of phenols is 4. The van der Waals surface area contributed by atoms with Gasteiger partial charge in [0.25, 0.3) is 0 Å². The third-order valence-electron chi connectivity index (χ3n) is 3.22. The molecule has 0 aliphatic rings. The van der Waals surface area contributed by atoms with Crippen molar-refractivity contribution in [1.29, 1.82) is 0 Å². The number of rotatable bonds is 7. The van der Waals surface area contributed by atoms with Crippen molar-refractivity contribution >= 4 is 23.5 Å². The fourth-order valence-corrected chi connectivity index (χ4v) is 3.80. The van der Waals surface area contributed by atoms with Crippen LogP contribution in [0.1, 0.15) is 0 Å². The molecule has 0 saturated heterocycles. The summed E-state index contributed by atoms with van der Waals surface area (Å²) in [5.74, 6) is -0.781. The minimum Gasteiger partial charge on any atom is -0.504 e. The topological polar surface area (TPSA) is 121 Å². The number of hydrogen-bond acceptors (Lipinski definition) is 8. The summed E-state index contributed by atoms with van der Waals surface area (Å²) in [7, 11) is 0. The van der Waals surface area contributed by atoms with Gasteiger partial charge in [0.2, 0.25) is 0 Å². The van der Waals surface area contributed by atoms with Gasteiger partial charge in [-0.3, -0.25) is 0 Å². The van der Waals surface area contributed by atoms with Crippen molar-refractivity contribution < 1.29 is 30.6 Å². The van der Waals surface area contributed by atoms with Gasteiger partial charge in [-0.25, -0.2) is 0 Å². The monoisotopic (exact) mass is 370 g/mol. The molecule has 8 heteroatoms. The summed E-state index contributed by atoms with van der Waals surface area (Å²) in [6.07, 6.45) is -2.13. The third kappa shape index (κ3) is 4.64. The first kappa shape index (κ1) is 18.6. The second-order valence-electron chi connectivity index (χ2n) is 5.00. The van der Waals surface area contributed by atoms with Crippen molar-refractivity contribution in [1.82, 2.24) is 0 Å². The Morgan fingerprint density at radius 1 is 0.667 bits per heavy atom. The highest BCUT2D eigenvalue weighted by Crippen LogP contribution is 2.37. The van der Waals surface area contributed by atoms with Gasteiger partial charge in [0.1, 0.15) is 0 Å². The van der Waals surface area contributed by atoms with Crippen LogP contribution < -0.4 is 0 Å². The predicted molar refractivity (Wildman–Crippen MR) is 93.0 cm³/mol. The van der Waals surface area contributed by atoms with Crippen molar-refractivity contribution in [3.8, 4) is 23.0 Å². The summed E-state index contributed by atoms with van der Waals surface area (Å²) in [4.78, 5) is 0.805. The highest BCUT2D eigenvalue weighted by Gasteiger charge is 2.19. The van der Waals surface area contributed by atoms with E-state index in [-0.39, 0.29) is 34.5 Å². The Kier molecular flexibility index (Phi) is 6.50. The van der Waals surface area contributed by atoms with Crippen LogP contribution in [0.4, 0.5) is 0 Å². The van der Waals surface area contributed by atoms with E-state index in [1.54, 1.807) is 24.3 Å². The molecular weight excluding hydrogens is 352 g/mol. The maximum atomic E-state index is 10.0. The largest absolute Gasteiger partial charge is 0.504 e. The fourth-order valence-electron chi connectivity index (χ4n) is 1.83. The zero-order chi connectivity index (χ0) is 17.7. The Balaban J connectivity index is 1.87. The third-order valence-corrected chi connectivity index (χ3v) is 5.52. The van der Waals surface area contributed by atoms with Crippen LogP contribution in [0.25, 0.3) is 0 Å². The van der Waals surface area contributed by atoms with Crippen molar-refractivity contribution in [2.24, 2.45) is 0 Å². The number of thioether (sulfide) groups is 2. The van der Waals surface area contributed by atoms with E-state index in [9.17, 15) is 30.6 Å². The number of aliphatic hydroxyl groups is 2. The van der Waals surface area contributed by atoms with E-state index in [0.717, 1.165) is 23.5 Å². The van der Waals surface area contributed by atoms with Crippen LogP contribution in [0.5, 0.6) is 23.0 Å². The van der Waals surface area contributed by atoms with Gasteiger partial charge in [0.05, 0.1) is 22.0 Å². The molecule has 0 saturated carbocycles. The molecule has 0 aliphatic carbocycles. The summed E-state index contributed by atoms with van der Waals surface area (Å²) in [6.45, 7) is 0. The molecule has 2 atom stereocenters. The molecule has 2 aromatic rings. The van der Waals surface area contributed by atoms with Crippen LogP contribution in [0.2, 0.25) is 0 Å². The van der Waals surface area contributed by atoms with Gasteiger partial charge in [0, 0.05) is 11.5 Å². The van der Waals surface area contributed by atoms with Gasteiger partial charge in [-0.1, -0.05) is 12.1 Å². The van der Waals surface area contributed by atoms with Crippen molar-refractivity contribution in [3.63, 3.8) is 0 Å². The zero-order valence-corrected chi connectivity index (χ0v) is 14.2. The van der Waals surface area contributed by atoms with Gasteiger partial charge in [-0.05, 0) is 24.3 Å². The quantitative estimate of drug-likeness (QED) is 0.324. The first-order valence-electron chi connectivity index (χ1n) is 7.03. The van der Waals surface area contributed by atoms with Crippen LogP contribution in [-0.4, -0.2) is 54.4 Å². The molecular formula is C16H18O6S2. The molecule has 130 valence electrons. The second-order valence-corrected chi connectivity index (χ2v) is 7.13. The molecule has 0 aliphatic heterocycles. The molecule has 2 aromatic carbocycles. The average molecular weight is 370 g/mol.